The van der Waals surface area contributed by atoms with Gasteiger partial charge in [0.1, 0.15) is 10.7 Å². The van der Waals surface area contributed by atoms with E-state index in [2.05, 4.69) is 9.97 Å². The summed E-state index contributed by atoms with van der Waals surface area (Å²) in [6.45, 7) is 0. The van der Waals surface area contributed by atoms with E-state index in [1.165, 1.54) is 11.3 Å². The molecule has 0 saturated carbocycles. The van der Waals surface area contributed by atoms with Gasteiger partial charge >= 0.3 is 5.97 Å². The summed E-state index contributed by atoms with van der Waals surface area (Å²) in [5.74, 6) is -0.157. The van der Waals surface area contributed by atoms with Gasteiger partial charge in [-0.15, -0.1) is 11.3 Å². The van der Waals surface area contributed by atoms with E-state index in [9.17, 15) is 9.59 Å². The highest BCUT2D eigenvalue weighted by Crippen LogP contribution is 2.14. The van der Waals surface area contributed by atoms with Crippen molar-refractivity contribution < 1.29 is 9.90 Å². The number of aromatic amines is 1. The van der Waals surface area contributed by atoms with Crippen LogP contribution in [0.1, 0.15) is 25.1 Å². The van der Waals surface area contributed by atoms with Crippen LogP contribution in [0.15, 0.2) is 16.2 Å². The number of hydrogen-bond acceptors (Lipinski definition) is 4. The Morgan fingerprint density at radius 1 is 1.47 bits per heavy atom. The minimum atomic E-state index is -0.792. The molecule has 0 radical (unpaired) electrons. The number of H-pyrrole nitrogens is 1. The lowest BCUT2D eigenvalue weighted by atomic mass is 10.2. The number of aryl methyl sites for hydroxylation is 1. The minimum Gasteiger partial charge on any atom is -0.481 e. The Morgan fingerprint density at radius 3 is 3.06 bits per heavy atom. The fraction of sp³-hybridized carbons (Fsp3) is 0.364. The van der Waals surface area contributed by atoms with Crippen LogP contribution in [0.25, 0.3) is 10.2 Å². The normalized spacial score (nSPS) is 10.8. The first-order chi connectivity index (χ1) is 8.16. The summed E-state index contributed by atoms with van der Waals surface area (Å²) >= 11 is 1.43. The van der Waals surface area contributed by atoms with Crippen LogP contribution in [0.5, 0.6) is 0 Å². The number of thiophene rings is 1. The van der Waals surface area contributed by atoms with Crippen molar-refractivity contribution >= 4 is 27.5 Å². The van der Waals surface area contributed by atoms with Crippen LogP contribution < -0.4 is 5.56 Å². The topological polar surface area (TPSA) is 83.0 Å². The second-order valence-corrected chi connectivity index (χ2v) is 4.65. The van der Waals surface area contributed by atoms with Crippen molar-refractivity contribution in [2.24, 2.45) is 0 Å². The number of nitrogens with zero attached hydrogens (tertiary/aromatic N) is 1. The summed E-state index contributed by atoms with van der Waals surface area (Å²) in [4.78, 5) is 29.7. The first-order valence-corrected chi connectivity index (χ1v) is 6.23. The zero-order chi connectivity index (χ0) is 12.3. The van der Waals surface area contributed by atoms with E-state index in [-0.39, 0.29) is 12.0 Å². The van der Waals surface area contributed by atoms with Gasteiger partial charge in [0.15, 0.2) is 0 Å². The highest BCUT2D eigenvalue weighted by molar-refractivity contribution is 7.16. The summed E-state index contributed by atoms with van der Waals surface area (Å²) in [5.41, 5.74) is -0.121. The fourth-order valence-corrected chi connectivity index (χ4v) is 2.38. The number of carboxylic acid groups (broad SMARTS) is 1. The predicted octanol–water partition coefficient (Wildman–Crippen LogP) is 1.78. The maximum Gasteiger partial charge on any atom is 0.303 e. The molecule has 5 nitrogen and oxygen atoms in total. The quantitative estimate of drug-likeness (QED) is 0.794. The van der Waals surface area contributed by atoms with E-state index in [0.717, 1.165) is 4.83 Å². The Balaban J connectivity index is 2.04. The SMILES string of the molecule is O=C(O)CCCCc1nc2sccc2c(=O)[nH]1. The molecule has 2 aromatic rings. The predicted molar refractivity (Wildman–Crippen MR) is 65.4 cm³/mol. The van der Waals surface area contributed by atoms with Gasteiger partial charge < -0.3 is 10.1 Å². The Bertz CT molecular complexity index is 588. The molecule has 0 aliphatic carbocycles. The third-order valence-electron chi connectivity index (χ3n) is 2.44. The third kappa shape index (κ3) is 2.91. The number of aromatic nitrogens is 2. The second kappa shape index (κ2) is 5.09. The number of unbranched alkanes of at least 4 members (excludes halogenated alkanes) is 1. The molecule has 0 aliphatic heterocycles. The van der Waals surface area contributed by atoms with E-state index >= 15 is 0 Å². The number of carboxylic acids is 1. The molecule has 0 aromatic carbocycles. The van der Waals surface area contributed by atoms with Gasteiger partial charge in [0, 0.05) is 12.8 Å². The van der Waals surface area contributed by atoms with Gasteiger partial charge in [0.05, 0.1) is 5.39 Å². The van der Waals surface area contributed by atoms with Crippen molar-refractivity contribution in [2.75, 3.05) is 0 Å². The molecule has 6 heteroatoms. The van der Waals surface area contributed by atoms with Crippen LogP contribution >= 0.6 is 11.3 Å². The molecular formula is C11H12N2O3S. The Morgan fingerprint density at radius 2 is 2.29 bits per heavy atom. The monoisotopic (exact) mass is 252 g/mol. The van der Waals surface area contributed by atoms with Crippen molar-refractivity contribution in [2.45, 2.75) is 25.7 Å². The van der Waals surface area contributed by atoms with Gasteiger partial charge in [-0.05, 0) is 24.3 Å². The number of aliphatic carboxylic acids is 1. The van der Waals surface area contributed by atoms with Crippen LogP contribution in [0.4, 0.5) is 0 Å². The van der Waals surface area contributed by atoms with Crippen molar-refractivity contribution in [3.05, 3.63) is 27.6 Å². The van der Waals surface area contributed by atoms with Crippen LogP contribution in [0, 0.1) is 0 Å². The number of hydrogen-bond donors (Lipinski definition) is 2. The van der Waals surface area contributed by atoms with E-state index in [1.54, 1.807) is 6.07 Å². The van der Waals surface area contributed by atoms with E-state index in [0.29, 0.717) is 30.5 Å². The lowest BCUT2D eigenvalue weighted by Gasteiger charge is -1.99. The molecule has 2 N–H and O–H groups in total. The molecule has 17 heavy (non-hydrogen) atoms. The van der Waals surface area contributed by atoms with Crippen LogP contribution in [0.2, 0.25) is 0 Å². The fourth-order valence-electron chi connectivity index (χ4n) is 1.60. The van der Waals surface area contributed by atoms with Crippen LogP contribution in [-0.4, -0.2) is 21.0 Å². The first-order valence-electron chi connectivity index (χ1n) is 5.35. The maximum absolute atomic E-state index is 11.6. The molecule has 0 aliphatic rings. The third-order valence-corrected chi connectivity index (χ3v) is 3.24. The summed E-state index contributed by atoms with van der Waals surface area (Å²) < 4.78 is 0. The number of fused-ring (bicyclic) bond motifs is 1. The van der Waals surface area contributed by atoms with Gasteiger partial charge in [0.2, 0.25) is 0 Å². The lowest BCUT2D eigenvalue weighted by Crippen LogP contribution is -2.10. The molecule has 2 heterocycles. The highest BCUT2D eigenvalue weighted by Gasteiger charge is 2.05. The summed E-state index contributed by atoms with van der Waals surface area (Å²) in [6, 6.07) is 1.75. The molecule has 0 spiro atoms. The number of carbonyl (C=O) groups is 1. The molecule has 2 rings (SSSR count). The van der Waals surface area contributed by atoms with Gasteiger partial charge in [-0.25, -0.2) is 4.98 Å². The average molecular weight is 252 g/mol. The number of rotatable bonds is 5. The van der Waals surface area contributed by atoms with E-state index < -0.39 is 5.97 Å². The Labute approximate surface area is 101 Å². The van der Waals surface area contributed by atoms with Crippen molar-refractivity contribution in [3.8, 4) is 0 Å². The van der Waals surface area contributed by atoms with Crippen molar-refractivity contribution in [3.63, 3.8) is 0 Å². The largest absolute Gasteiger partial charge is 0.481 e. The second-order valence-electron chi connectivity index (χ2n) is 3.75. The molecular weight excluding hydrogens is 240 g/mol. The standard InChI is InChI=1S/C11H12N2O3S/c14-9(15)4-2-1-3-8-12-10(16)7-5-6-17-11(7)13-8/h5-6H,1-4H2,(H,14,15)(H,12,13,16). The summed E-state index contributed by atoms with van der Waals surface area (Å²) in [7, 11) is 0. The molecule has 90 valence electrons. The van der Waals surface area contributed by atoms with Gasteiger partial charge in [0.25, 0.3) is 5.56 Å². The molecule has 0 saturated heterocycles. The zero-order valence-corrected chi connectivity index (χ0v) is 9.92. The average Bonchev–Trinajstić information content (AvgIpc) is 2.72. The Kier molecular flexibility index (Phi) is 3.53. The molecule has 0 fully saturated rings. The van der Waals surface area contributed by atoms with Crippen LogP contribution in [0.3, 0.4) is 0 Å². The van der Waals surface area contributed by atoms with Gasteiger partial charge in [-0.2, -0.15) is 0 Å². The highest BCUT2D eigenvalue weighted by atomic mass is 32.1. The van der Waals surface area contributed by atoms with Crippen molar-refractivity contribution in [1.82, 2.24) is 9.97 Å². The zero-order valence-electron chi connectivity index (χ0n) is 9.10. The minimum absolute atomic E-state index is 0.121. The van der Waals surface area contributed by atoms with Gasteiger partial charge in [-0.1, -0.05) is 0 Å². The van der Waals surface area contributed by atoms with Gasteiger partial charge in [-0.3, -0.25) is 9.59 Å². The smallest absolute Gasteiger partial charge is 0.303 e. The van der Waals surface area contributed by atoms with Crippen molar-refractivity contribution in [1.29, 1.82) is 0 Å². The molecule has 2 aromatic heterocycles. The Hall–Kier alpha value is -1.69. The van der Waals surface area contributed by atoms with E-state index in [4.69, 9.17) is 5.11 Å². The lowest BCUT2D eigenvalue weighted by molar-refractivity contribution is -0.137. The van der Waals surface area contributed by atoms with E-state index in [1.807, 2.05) is 5.38 Å². The molecule has 0 amide bonds. The molecule has 0 atom stereocenters. The molecule has 0 unspecified atom stereocenters. The summed E-state index contributed by atoms with van der Waals surface area (Å²) in [5, 5.41) is 10.9. The van der Waals surface area contributed by atoms with Crippen LogP contribution in [-0.2, 0) is 11.2 Å². The summed E-state index contributed by atoms with van der Waals surface area (Å²) in [6.07, 6.45) is 2.08. The maximum atomic E-state index is 11.6. The first kappa shape index (κ1) is 11.8. The molecule has 0 bridgehead atoms. The number of nitrogens with one attached hydrogen (secondary N) is 1.